The van der Waals surface area contributed by atoms with E-state index in [-0.39, 0.29) is 11.9 Å². The van der Waals surface area contributed by atoms with Crippen LogP contribution in [0.15, 0.2) is 21.5 Å². The number of rotatable bonds is 5. The average Bonchev–Trinajstić information content (AvgIpc) is 3.10. The summed E-state index contributed by atoms with van der Waals surface area (Å²) in [6.07, 6.45) is 2.43. The smallest absolute Gasteiger partial charge is 0.284 e. The Morgan fingerprint density at radius 1 is 1.50 bits per heavy atom. The largest absolute Gasteiger partial charge is 0.454 e. The van der Waals surface area contributed by atoms with Crippen molar-refractivity contribution in [2.45, 2.75) is 25.5 Å². The molecule has 20 heavy (non-hydrogen) atoms. The predicted molar refractivity (Wildman–Crippen MR) is 74.4 cm³/mol. The average molecular weight is 280 g/mol. The summed E-state index contributed by atoms with van der Waals surface area (Å²) in [5, 5.41) is 6.29. The second-order valence-corrected chi connectivity index (χ2v) is 4.57. The Balaban J connectivity index is 1.76. The van der Waals surface area contributed by atoms with E-state index < -0.39 is 5.91 Å². The highest BCUT2D eigenvalue weighted by Gasteiger charge is 2.15. The quantitative estimate of drug-likeness (QED) is 0.529. The van der Waals surface area contributed by atoms with Gasteiger partial charge in [0.25, 0.3) is 5.91 Å². The molecule has 1 unspecified atom stereocenters. The van der Waals surface area contributed by atoms with E-state index in [9.17, 15) is 4.79 Å². The molecule has 1 saturated heterocycles. The number of carbonyl (C=O) groups is 1. The van der Waals surface area contributed by atoms with Crippen LogP contribution in [0.1, 0.15) is 29.2 Å². The normalized spacial score (nSPS) is 19.1. The van der Waals surface area contributed by atoms with E-state index in [0.29, 0.717) is 18.3 Å². The van der Waals surface area contributed by atoms with Gasteiger partial charge in [0, 0.05) is 20.2 Å². The number of amides is 1. The summed E-state index contributed by atoms with van der Waals surface area (Å²) in [6, 6.07) is 3.27. The topological polar surface area (TPSA) is 102 Å². The molecule has 4 N–H and O–H groups in total. The van der Waals surface area contributed by atoms with Gasteiger partial charge in [-0.15, -0.1) is 0 Å². The molecule has 7 heteroatoms. The van der Waals surface area contributed by atoms with E-state index in [2.05, 4.69) is 15.6 Å². The number of nitrogens with one attached hydrogen (secondary N) is 2. The van der Waals surface area contributed by atoms with Crippen molar-refractivity contribution in [3.63, 3.8) is 0 Å². The number of hydrogen-bond acceptors (Lipinski definition) is 4. The molecule has 1 atom stereocenters. The highest BCUT2D eigenvalue weighted by atomic mass is 16.5. The Bertz CT molecular complexity index is 478. The van der Waals surface area contributed by atoms with Crippen LogP contribution < -0.4 is 16.4 Å². The summed E-state index contributed by atoms with van der Waals surface area (Å²) < 4.78 is 10.8. The molecule has 1 aromatic heterocycles. The molecule has 0 aliphatic carbocycles. The molecule has 0 saturated carbocycles. The lowest BCUT2D eigenvalue weighted by atomic mass is 10.2. The number of carbonyl (C=O) groups excluding carboxylic acids is 1. The lowest BCUT2D eigenvalue weighted by Gasteiger charge is -2.14. The maximum atomic E-state index is 10.9. The van der Waals surface area contributed by atoms with E-state index in [1.54, 1.807) is 19.2 Å². The van der Waals surface area contributed by atoms with Gasteiger partial charge in [-0.25, -0.2) is 0 Å². The number of aliphatic imine (C=N–C) groups is 1. The fourth-order valence-corrected chi connectivity index (χ4v) is 2.01. The Labute approximate surface area is 117 Å². The van der Waals surface area contributed by atoms with Crippen molar-refractivity contribution in [1.82, 2.24) is 10.6 Å². The zero-order valence-electron chi connectivity index (χ0n) is 11.5. The zero-order valence-corrected chi connectivity index (χ0v) is 11.5. The molecule has 1 aliphatic heterocycles. The van der Waals surface area contributed by atoms with E-state index >= 15 is 0 Å². The molecule has 1 aliphatic rings. The van der Waals surface area contributed by atoms with Crippen molar-refractivity contribution in [3.05, 3.63) is 23.7 Å². The van der Waals surface area contributed by atoms with Crippen LogP contribution in [0.4, 0.5) is 0 Å². The van der Waals surface area contributed by atoms with Gasteiger partial charge in [-0.1, -0.05) is 0 Å². The third-order valence-corrected chi connectivity index (χ3v) is 3.08. The first kappa shape index (κ1) is 14.4. The SMILES string of the molecule is CN=C(NCc1ccc(C(N)=O)o1)NCC1CCCO1. The first-order valence-electron chi connectivity index (χ1n) is 6.63. The summed E-state index contributed by atoms with van der Waals surface area (Å²) in [7, 11) is 1.70. The van der Waals surface area contributed by atoms with Gasteiger partial charge in [0.05, 0.1) is 12.6 Å². The van der Waals surface area contributed by atoms with Gasteiger partial charge < -0.3 is 25.5 Å². The van der Waals surface area contributed by atoms with Crippen LogP contribution in [0, 0.1) is 0 Å². The molecular weight excluding hydrogens is 260 g/mol. The number of hydrogen-bond donors (Lipinski definition) is 3. The van der Waals surface area contributed by atoms with Crippen LogP contribution in [-0.4, -0.2) is 38.2 Å². The monoisotopic (exact) mass is 280 g/mol. The van der Waals surface area contributed by atoms with Gasteiger partial charge in [0.1, 0.15) is 5.76 Å². The number of nitrogens with two attached hydrogens (primary N) is 1. The van der Waals surface area contributed by atoms with Crippen molar-refractivity contribution < 1.29 is 13.9 Å². The predicted octanol–water partition coefficient (Wildman–Crippen LogP) is 0.222. The zero-order chi connectivity index (χ0) is 14.4. The minimum atomic E-state index is -0.572. The van der Waals surface area contributed by atoms with Crippen molar-refractivity contribution in [2.24, 2.45) is 10.7 Å². The molecule has 0 aromatic carbocycles. The third kappa shape index (κ3) is 3.99. The molecule has 1 aromatic rings. The minimum Gasteiger partial charge on any atom is -0.454 e. The van der Waals surface area contributed by atoms with Gasteiger partial charge in [0.2, 0.25) is 0 Å². The third-order valence-electron chi connectivity index (χ3n) is 3.08. The second-order valence-electron chi connectivity index (χ2n) is 4.57. The van der Waals surface area contributed by atoms with Crippen LogP contribution in [0.2, 0.25) is 0 Å². The van der Waals surface area contributed by atoms with E-state index in [1.165, 1.54) is 0 Å². The summed E-state index contributed by atoms with van der Waals surface area (Å²) >= 11 is 0. The number of primary amides is 1. The van der Waals surface area contributed by atoms with Crippen molar-refractivity contribution >= 4 is 11.9 Å². The first-order valence-corrected chi connectivity index (χ1v) is 6.63. The molecule has 2 rings (SSSR count). The fraction of sp³-hybridized carbons (Fsp3) is 0.538. The lowest BCUT2D eigenvalue weighted by Crippen LogP contribution is -2.40. The van der Waals surface area contributed by atoms with Crippen molar-refractivity contribution in [2.75, 3.05) is 20.2 Å². The summed E-state index contributed by atoms with van der Waals surface area (Å²) in [5.41, 5.74) is 5.12. The van der Waals surface area contributed by atoms with Gasteiger partial charge in [-0.2, -0.15) is 0 Å². The van der Waals surface area contributed by atoms with Gasteiger partial charge in [-0.3, -0.25) is 9.79 Å². The van der Waals surface area contributed by atoms with Gasteiger partial charge in [0.15, 0.2) is 11.7 Å². The molecule has 0 bridgehead atoms. The number of ether oxygens (including phenoxy) is 1. The van der Waals surface area contributed by atoms with E-state index in [4.69, 9.17) is 14.9 Å². The Morgan fingerprint density at radius 3 is 2.95 bits per heavy atom. The standard InChI is InChI=1S/C13H20N4O3/c1-15-13(16-7-9-3-2-6-19-9)17-8-10-4-5-11(20-10)12(14)18/h4-5,9H,2-3,6-8H2,1H3,(H2,14,18)(H2,15,16,17). The molecule has 0 spiro atoms. The van der Waals surface area contributed by atoms with Crippen molar-refractivity contribution in [1.29, 1.82) is 0 Å². The fourth-order valence-electron chi connectivity index (χ4n) is 2.01. The van der Waals surface area contributed by atoms with Crippen LogP contribution in [-0.2, 0) is 11.3 Å². The molecular formula is C13H20N4O3. The molecule has 2 heterocycles. The van der Waals surface area contributed by atoms with Crippen LogP contribution >= 0.6 is 0 Å². The van der Waals surface area contributed by atoms with Crippen molar-refractivity contribution in [3.8, 4) is 0 Å². The Morgan fingerprint density at radius 2 is 2.35 bits per heavy atom. The lowest BCUT2D eigenvalue weighted by molar-refractivity contribution is 0.0972. The summed E-state index contributed by atoms with van der Waals surface area (Å²) in [4.78, 5) is 15.0. The van der Waals surface area contributed by atoms with E-state index in [1.807, 2.05) is 0 Å². The Kier molecular flexibility index (Phi) is 5.00. The first-order chi connectivity index (χ1) is 9.69. The Hall–Kier alpha value is -2.02. The number of guanidine groups is 1. The van der Waals surface area contributed by atoms with Gasteiger partial charge in [-0.05, 0) is 25.0 Å². The highest BCUT2D eigenvalue weighted by molar-refractivity contribution is 5.89. The van der Waals surface area contributed by atoms with E-state index in [0.717, 1.165) is 26.0 Å². The summed E-state index contributed by atoms with van der Waals surface area (Å²) in [6.45, 7) is 1.99. The number of nitrogens with zero attached hydrogens (tertiary/aromatic N) is 1. The van der Waals surface area contributed by atoms with Gasteiger partial charge >= 0.3 is 0 Å². The molecule has 1 amide bonds. The molecule has 7 nitrogen and oxygen atoms in total. The number of furan rings is 1. The second kappa shape index (κ2) is 6.95. The van der Waals surface area contributed by atoms with Crippen LogP contribution in [0.3, 0.4) is 0 Å². The molecule has 0 radical (unpaired) electrons. The molecule has 110 valence electrons. The summed E-state index contributed by atoms with van der Waals surface area (Å²) in [5.74, 6) is 0.873. The molecule has 1 fully saturated rings. The van der Waals surface area contributed by atoms with Crippen LogP contribution in [0.5, 0.6) is 0 Å². The van der Waals surface area contributed by atoms with Crippen LogP contribution in [0.25, 0.3) is 0 Å². The minimum absolute atomic E-state index is 0.157. The maximum Gasteiger partial charge on any atom is 0.284 e. The maximum absolute atomic E-state index is 10.9. The highest BCUT2D eigenvalue weighted by Crippen LogP contribution is 2.10.